The van der Waals surface area contributed by atoms with E-state index in [0.717, 1.165) is 4.90 Å². The maximum absolute atomic E-state index is 12.4. The first-order valence-corrected chi connectivity index (χ1v) is 7.25. The molecule has 0 aromatic rings. The van der Waals surface area contributed by atoms with E-state index in [1.165, 1.54) is 0 Å². The van der Waals surface area contributed by atoms with E-state index in [-0.39, 0.29) is 12.6 Å². The topological polar surface area (TPSA) is 104 Å². The molecule has 2 aliphatic heterocycles. The van der Waals surface area contributed by atoms with Gasteiger partial charge >= 0.3 is 5.97 Å². The average molecular weight is 299 g/mol. The van der Waals surface area contributed by atoms with Gasteiger partial charge in [-0.05, 0) is 32.6 Å². The number of nitrogens with zero attached hydrogens (tertiary/aromatic N) is 1. The molecule has 0 saturated carbocycles. The summed E-state index contributed by atoms with van der Waals surface area (Å²) in [5, 5.41) is 19.6. The number of aliphatic hydroxyl groups is 1. The van der Waals surface area contributed by atoms with Crippen molar-refractivity contribution in [2.45, 2.75) is 57.5 Å². The van der Waals surface area contributed by atoms with Crippen LogP contribution in [0.3, 0.4) is 0 Å². The van der Waals surface area contributed by atoms with Crippen molar-refractivity contribution in [3.05, 3.63) is 0 Å². The Labute approximate surface area is 122 Å². The number of likely N-dealkylation sites (tertiary alicyclic amines) is 1. The quantitative estimate of drug-likeness (QED) is 0.719. The van der Waals surface area contributed by atoms with Crippen LogP contribution < -0.4 is 0 Å². The number of carbonyl (C=O) groups excluding carboxylic acids is 2. The Morgan fingerprint density at radius 2 is 1.86 bits per heavy atom. The molecule has 7 nitrogen and oxygen atoms in total. The molecule has 2 fully saturated rings. The number of carbonyl (C=O) groups is 3. The lowest BCUT2D eigenvalue weighted by Gasteiger charge is -2.39. The molecule has 2 N–H and O–H groups in total. The first-order valence-electron chi connectivity index (χ1n) is 7.25. The predicted octanol–water partition coefficient (Wildman–Crippen LogP) is 0.155. The smallest absolute Gasteiger partial charge is 0.326 e. The number of rotatable bonds is 3. The highest BCUT2D eigenvalue weighted by atomic mass is 16.6. The Morgan fingerprint density at radius 3 is 2.48 bits per heavy atom. The fourth-order valence-corrected chi connectivity index (χ4v) is 2.99. The van der Waals surface area contributed by atoms with Gasteiger partial charge in [0.2, 0.25) is 5.79 Å². The number of hydrogen-bond donors (Lipinski definition) is 2. The summed E-state index contributed by atoms with van der Waals surface area (Å²) in [7, 11) is 0. The standard InChI is InChI=1S/C14H21NO6/c1-8-5-6-9(2)21-14(8,20)11(16)12(17)15-7-3-4-10(15)13(18)19/h8-10,20H,3-7H2,1-2H3,(H,18,19)/t8-,9?,10+,14?/m1/s1. The molecule has 2 saturated heterocycles. The van der Waals surface area contributed by atoms with Gasteiger partial charge in [-0.1, -0.05) is 6.92 Å². The highest BCUT2D eigenvalue weighted by Crippen LogP contribution is 2.34. The number of hydrogen-bond acceptors (Lipinski definition) is 5. The number of carboxylic acid groups (broad SMARTS) is 1. The van der Waals surface area contributed by atoms with E-state index in [1.807, 2.05) is 0 Å². The fourth-order valence-electron chi connectivity index (χ4n) is 2.99. The second-order valence-electron chi connectivity index (χ2n) is 5.93. The van der Waals surface area contributed by atoms with E-state index in [0.29, 0.717) is 25.7 Å². The Kier molecular flexibility index (Phi) is 4.34. The van der Waals surface area contributed by atoms with Crippen LogP contribution in [-0.4, -0.2) is 57.3 Å². The van der Waals surface area contributed by atoms with Gasteiger partial charge in [0.05, 0.1) is 6.10 Å². The van der Waals surface area contributed by atoms with Gasteiger partial charge in [-0.15, -0.1) is 0 Å². The highest BCUT2D eigenvalue weighted by molar-refractivity contribution is 6.39. The molecule has 2 aliphatic rings. The number of amides is 1. The maximum atomic E-state index is 12.4. The van der Waals surface area contributed by atoms with Gasteiger partial charge in [0.25, 0.3) is 11.7 Å². The highest BCUT2D eigenvalue weighted by Gasteiger charge is 2.52. The number of ketones is 1. The second kappa shape index (κ2) is 5.73. The fraction of sp³-hybridized carbons (Fsp3) is 0.786. The molecule has 0 aromatic carbocycles. The molecule has 0 aliphatic carbocycles. The summed E-state index contributed by atoms with van der Waals surface area (Å²) < 4.78 is 5.34. The van der Waals surface area contributed by atoms with E-state index in [9.17, 15) is 19.5 Å². The van der Waals surface area contributed by atoms with E-state index >= 15 is 0 Å². The molecule has 0 radical (unpaired) electrons. The summed E-state index contributed by atoms with van der Waals surface area (Å²) >= 11 is 0. The monoisotopic (exact) mass is 299 g/mol. The van der Waals surface area contributed by atoms with Gasteiger partial charge in [0.15, 0.2) is 0 Å². The Morgan fingerprint density at radius 1 is 1.19 bits per heavy atom. The van der Waals surface area contributed by atoms with Gasteiger partial charge in [-0.25, -0.2) is 4.79 Å². The van der Waals surface area contributed by atoms with E-state index in [4.69, 9.17) is 9.84 Å². The van der Waals surface area contributed by atoms with Crippen LogP contribution in [0, 0.1) is 5.92 Å². The van der Waals surface area contributed by atoms with Crippen LogP contribution in [0.25, 0.3) is 0 Å². The van der Waals surface area contributed by atoms with Gasteiger partial charge in [0, 0.05) is 12.5 Å². The van der Waals surface area contributed by atoms with Crippen LogP contribution in [0.5, 0.6) is 0 Å². The summed E-state index contributed by atoms with van der Waals surface area (Å²) in [5.41, 5.74) is 0. The van der Waals surface area contributed by atoms with Crippen LogP contribution in [0.4, 0.5) is 0 Å². The van der Waals surface area contributed by atoms with Crippen molar-refractivity contribution in [1.29, 1.82) is 0 Å². The lowest BCUT2D eigenvalue weighted by Crippen LogP contribution is -2.58. The van der Waals surface area contributed by atoms with Gasteiger partial charge < -0.3 is 19.8 Å². The molecule has 0 aromatic heterocycles. The van der Waals surface area contributed by atoms with Crippen molar-refractivity contribution < 1.29 is 29.3 Å². The molecule has 0 spiro atoms. The molecular weight excluding hydrogens is 278 g/mol. The summed E-state index contributed by atoms with van der Waals surface area (Å²) in [6.07, 6.45) is 1.79. The van der Waals surface area contributed by atoms with Gasteiger partial charge in [-0.2, -0.15) is 0 Å². The third kappa shape index (κ3) is 2.80. The number of ether oxygens (including phenoxy) is 1. The van der Waals surface area contributed by atoms with E-state index in [2.05, 4.69) is 0 Å². The van der Waals surface area contributed by atoms with Crippen LogP contribution in [0.2, 0.25) is 0 Å². The minimum absolute atomic E-state index is 0.210. The van der Waals surface area contributed by atoms with Crippen molar-refractivity contribution in [3.8, 4) is 0 Å². The van der Waals surface area contributed by atoms with Crippen LogP contribution >= 0.6 is 0 Å². The van der Waals surface area contributed by atoms with Crippen LogP contribution in [0.15, 0.2) is 0 Å². The summed E-state index contributed by atoms with van der Waals surface area (Å²) in [6.45, 7) is 3.59. The predicted molar refractivity (Wildman–Crippen MR) is 71.3 cm³/mol. The molecule has 2 heterocycles. The zero-order valence-electron chi connectivity index (χ0n) is 12.2. The lowest BCUT2D eigenvalue weighted by atomic mass is 9.87. The summed E-state index contributed by atoms with van der Waals surface area (Å²) in [4.78, 5) is 36.8. The van der Waals surface area contributed by atoms with Crippen molar-refractivity contribution in [2.24, 2.45) is 5.92 Å². The Bertz CT molecular complexity index is 464. The number of Topliss-reactive ketones (excluding diaryl/α,β-unsaturated/α-hetero) is 1. The first kappa shape index (κ1) is 15.9. The lowest BCUT2D eigenvalue weighted by molar-refractivity contribution is -0.259. The van der Waals surface area contributed by atoms with E-state index in [1.54, 1.807) is 13.8 Å². The SMILES string of the molecule is CC1CC[C@@H](C)C(O)(C(=O)C(=O)N2CCC[C@H]2C(=O)O)O1. The zero-order valence-corrected chi connectivity index (χ0v) is 12.2. The third-order valence-corrected chi connectivity index (χ3v) is 4.37. The maximum Gasteiger partial charge on any atom is 0.326 e. The second-order valence-corrected chi connectivity index (χ2v) is 5.93. The molecule has 2 rings (SSSR count). The molecule has 1 amide bonds. The molecule has 7 heteroatoms. The normalized spacial score (nSPS) is 36.5. The summed E-state index contributed by atoms with van der Waals surface area (Å²) in [6, 6.07) is -0.999. The molecular formula is C14H21NO6. The zero-order chi connectivity index (χ0) is 15.8. The molecule has 118 valence electrons. The number of carboxylic acids is 1. The van der Waals surface area contributed by atoms with Crippen molar-refractivity contribution >= 4 is 17.7 Å². The van der Waals surface area contributed by atoms with Crippen molar-refractivity contribution in [2.75, 3.05) is 6.54 Å². The molecule has 21 heavy (non-hydrogen) atoms. The minimum Gasteiger partial charge on any atom is -0.480 e. The number of aliphatic carboxylic acids is 1. The third-order valence-electron chi connectivity index (χ3n) is 4.37. The first-order chi connectivity index (χ1) is 9.77. The minimum atomic E-state index is -2.15. The largest absolute Gasteiger partial charge is 0.480 e. The van der Waals surface area contributed by atoms with Gasteiger partial charge in [0.1, 0.15) is 6.04 Å². The molecule has 4 atom stereocenters. The summed E-state index contributed by atoms with van der Waals surface area (Å²) in [5.74, 6) is -5.82. The average Bonchev–Trinajstić information content (AvgIpc) is 2.91. The Balaban J connectivity index is 2.18. The Hall–Kier alpha value is -1.47. The molecule has 2 unspecified atom stereocenters. The van der Waals surface area contributed by atoms with Crippen molar-refractivity contribution in [3.63, 3.8) is 0 Å². The van der Waals surface area contributed by atoms with Gasteiger partial charge in [-0.3, -0.25) is 9.59 Å². The van der Waals surface area contributed by atoms with Crippen LogP contribution in [-0.2, 0) is 19.1 Å². The van der Waals surface area contributed by atoms with Crippen molar-refractivity contribution in [1.82, 2.24) is 4.90 Å². The van der Waals surface area contributed by atoms with Crippen LogP contribution in [0.1, 0.15) is 39.5 Å². The molecule has 0 bridgehead atoms. The van der Waals surface area contributed by atoms with E-state index < -0.39 is 35.4 Å².